The van der Waals surface area contributed by atoms with E-state index in [1.54, 1.807) is 40.0 Å². The average Bonchev–Trinajstić information content (AvgIpc) is 2.97. The number of anilines is 1. The highest BCUT2D eigenvalue weighted by Gasteiger charge is 2.43. The Morgan fingerprint density at radius 1 is 1.32 bits per heavy atom. The number of hydrogen-bond donors (Lipinski definition) is 1. The van der Waals surface area contributed by atoms with Crippen molar-refractivity contribution in [3.05, 3.63) is 23.9 Å². The lowest BCUT2D eigenvalue weighted by molar-refractivity contribution is -0.145. The van der Waals surface area contributed by atoms with Crippen LogP contribution in [-0.4, -0.2) is 47.2 Å². The van der Waals surface area contributed by atoms with Crippen LogP contribution in [0.2, 0.25) is 0 Å². The quantitative estimate of drug-likeness (QED) is 0.774. The Morgan fingerprint density at radius 3 is 2.57 bits per heavy atom. The molecule has 0 saturated carbocycles. The van der Waals surface area contributed by atoms with Crippen molar-refractivity contribution in [3.63, 3.8) is 0 Å². The summed E-state index contributed by atoms with van der Waals surface area (Å²) < 4.78 is 10.4. The maximum absolute atomic E-state index is 13.4. The summed E-state index contributed by atoms with van der Waals surface area (Å²) in [5.41, 5.74) is 0.0953. The Kier molecular flexibility index (Phi) is 6.64. The number of carbonyl (C=O) groups excluding carboxylic acids is 3. The summed E-state index contributed by atoms with van der Waals surface area (Å²) >= 11 is 0. The minimum Gasteiger partial charge on any atom is -0.464 e. The Labute approximate surface area is 165 Å². The predicted octanol–water partition coefficient (Wildman–Crippen LogP) is 2.45. The number of rotatable bonds is 5. The highest BCUT2D eigenvalue weighted by atomic mass is 16.6. The molecule has 8 nitrogen and oxygen atoms in total. The summed E-state index contributed by atoms with van der Waals surface area (Å²) in [4.78, 5) is 43.7. The van der Waals surface area contributed by atoms with Crippen LogP contribution in [0.3, 0.4) is 0 Å². The van der Waals surface area contributed by atoms with Crippen LogP contribution in [0, 0.1) is 5.92 Å². The molecule has 2 heterocycles. The highest BCUT2D eigenvalue weighted by molar-refractivity contribution is 6.04. The van der Waals surface area contributed by atoms with Gasteiger partial charge < -0.3 is 14.8 Å². The monoisotopic (exact) mass is 391 g/mol. The lowest BCUT2D eigenvalue weighted by Gasteiger charge is -2.30. The number of ether oxygens (including phenoxy) is 2. The molecule has 0 bridgehead atoms. The summed E-state index contributed by atoms with van der Waals surface area (Å²) in [6.45, 7) is 10.8. The normalized spacial score (nSPS) is 17.1. The number of esters is 1. The number of nitrogens with one attached hydrogen (secondary N) is 1. The van der Waals surface area contributed by atoms with E-state index < -0.39 is 35.7 Å². The molecule has 1 aromatic heterocycles. The van der Waals surface area contributed by atoms with Gasteiger partial charge in [0.25, 0.3) is 5.91 Å². The Hall–Kier alpha value is -2.64. The molecule has 1 aliphatic heterocycles. The molecule has 0 aromatic carbocycles. The molecule has 8 heteroatoms. The summed E-state index contributed by atoms with van der Waals surface area (Å²) in [5, 5.41) is 2.64. The first-order valence-corrected chi connectivity index (χ1v) is 9.48. The van der Waals surface area contributed by atoms with Crippen molar-refractivity contribution in [1.29, 1.82) is 0 Å². The number of alkyl carbamates (subject to hydrolysis) is 1. The van der Waals surface area contributed by atoms with Crippen molar-refractivity contribution in [3.8, 4) is 0 Å². The predicted molar refractivity (Wildman–Crippen MR) is 104 cm³/mol. The first-order valence-electron chi connectivity index (χ1n) is 9.48. The molecule has 2 amide bonds. The van der Waals surface area contributed by atoms with Gasteiger partial charge >= 0.3 is 12.1 Å². The first kappa shape index (κ1) is 21.7. The molecule has 0 aliphatic carbocycles. The second-order valence-electron chi connectivity index (χ2n) is 8.03. The van der Waals surface area contributed by atoms with Gasteiger partial charge in [-0.2, -0.15) is 0 Å². The molecule has 0 fully saturated rings. The van der Waals surface area contributed by atoms with Crippen LogP contribution in [-0.2, 0) is 25.5 Å². The second-order valence-corrected chi connectivity index (χ2v) is 8.03. The van der Waals surface area contributed by atoms with Crippen molar-refractivity contribution in [2.45, 2.75) is 65.6 Å². The third-order valence-corrected chi connectivity index (χ3v) is 4.22. The topological polar surface area (TPSA) is 97.8 Å². The number of fused-ring (bicyclic) bond motifs is 1. The van der Waals surface area contributed by atoms with E-state index in [1.807, 2.05) is 19.9 Å². The smallest absolute Gasteiger partial charge is 0.408 e. The lowest BCUT2D eigenvalue weighted by atomic mass is 10.0. The molecule has 154 valence electrons. The lowest BCUT2D eigenvalue weighted by Crippen LogP contribution is -2.55. The van der Waals surface area contributed by atoms with E-state index in [4.69, 9.17) is 9.47 Å². The van der Waals surface area contributed by atoms with E-state index in [9.17, 15) is 14.4 Å². The molecule has 0 spiro atoms. The van der Waals surface area contributed by atoms with Crippen LogP contribution >= 0.6 is 0 Å². The van der Waals surface area contributed by atoms with Gasteiger partial charge in [0.2, 0.25) is 0 Å². The van der Waals surface area contributed by atoms with E-state index in [2.05, 4.69) is 10.3 Å². The Bertz CT molecular complexity index is 742. The SMILES string of the molecule is CCOC(=O)C1Cc2cccnc2N1C(=O)[C@@H](NC(=O)OC(C)(C)C)C(C)C. The largest absolute Gasteiger partial charge is 0.464 e. The van der Waals surface area contributed by atoms with Crippen LogP contribution < -0.4 is 10.2 Å². The van der Waals surface area contributed by atoms with Gasteiger partial charge in [0.1, 0.15) is 23.5 Å². The molecule has 1 aliphatic rings. The molecule has 1 aromatic rings. The molecule has 1 unspecified atom stereocenters. The summed E-state index contributed by atoms with van der Waals surface area (Å²) in [5.74, 6) is -0.720. The molecule has 0 radical (unpaired) electrons. The van der Waals surface area contributed by atoms with Crippen LogP contribution in [0.25, 0.3) is 0 Å². The van der Waals surface area contributed by atoms with Gasteiger partial charge in [0.05, 0.1) is 6.61 Å². The molecular weight excluding hydrogens is 362 g/mol. The van der Waals surface area contributed by atoms with E-state index in [-0.39, 0.29) is 12.5 Å². The fraction of sp³-hybridized carbons (Fsp3) is 0.600. The molecule has 28 heavy (non-hydrogen) atoms. The maximum atomic E-state index is 13.4. The molecular formula is C20H29N3O5. The van der Waals surface area contributed by atoms with Crippen molar-refractivity contribution in [2.24, 2.45) is 5.92 Å². The molecule has 2 rings (SSSR count). The fourth-order valence-corrected chi connectivity index (χ4v) is 3.04. The summed E-state index contributed by atoms with van der Waals surface area (Å²) in [6.07, 6.45) is 1.20. The van der Waals surface area contributed by atoms with Crippen LogP contribution in [0.4, 0.5) is 10.6 Å². The van der Waals surface area contributed by atoms with Crippen LogP contribution in [0.15, 0.2) is 18.3 Å². The number of pyridine rings is 1. The van der Waals surface area contributed by atoms with Gasteiger partial charge in [-0.3, -0.25) is 9.69 Å². The molecule has 0 saturated heterocycles. The number of nitrogens with zero attached hydrogens (tertiary/aromatic N) is 2. The zero-order valence-electron chi connectivity index (χ0n) is 17.3. The Balaban J connectivity index is 2.32. The van der Waals surface area contributed by atoms with E-state index in [1.165, 1.54) is 4.90 Å². The van der Waals surface area contributed by atoms with Crippen LogP contribution in [0.5, 0.6) is 0 Å². The van der Waals surface area contributed by atoms with E-state index >= 15 is 0 Å². The average molecular weight is 391 g/mol. The van der Waals surface area contributed by atoms with Crippen molar-refractivity contribution >= 4 is 23.8 Å². The van der Waals surface area contributed by atoms with Crippen molar-refractivity contribution in [2.75, 3.05) is 11.5 Å². The van der Waals surface area contributed by atoms with E-state index in [0.29, 0.717) is 12.2 Å². The molecule has 1 N–H and O–H groups in total. The van der Waals surface area contributed by atoms with E-state index in [0.717, 1.165) is 5.56 Å². The second kappa shape index (κ2) is 8.58. The number of aromatic nitrogens is 1. The Morgan fingerprint density at radius 2 is 2.00 bits per heavy atom. The van der Waals surface area contributed by atoms with Gasteiger partial charge in [0.15, 0.2) is 0 Å². The highest BCUT2D eigenvalue weighted by Crippen LogP contribution is 2.31. The van der Waals surface area contributed by atoms with Gasteiger partial charge in [0, 0.05) is 12.6 Å². The zero-order chi connectivity index (χ0) is 21.1. The van der Waals surface area contributed by atoms with Gasteiger partial charge in [-0.25, -0.2) is 14.6 Å². The third kappa shape index (κ3) is 4.99. The van der Waals surface area contributed by atoms with Gasteiger partial charge in [-0.1, -0.05) is 19.9 Å². The number of amides is 2. The standard InChI is InChI=1S/C20H29N3O5/c1-7-27-18(25)14-11-13-9-8-10-21-16(13)23(14)17(24)15(12(2)3)22-19(26)28-20(4,5)6/h8-10,12,14-15H,7,11H2,1-6H3,(H,22,26)/t14?,15-/m0/s1. The van der Waals surface area contributed by atoms with Crippen LogP contribution in [0.1, 0.15) is 47.1 Å². The van der Waals surface area contributed by atoms with Gasteiger partial charge in [-0.15, -0.1) is 0 Å². The number of hydrogen-bond acceptors (Lipinski definition) is 6. The fourth-order valence-electron chi connectivity index (χ4n) is 3.04. The first-order chi connectivity index (χ1) is 13.0. The number of carbonyl (C=O) groups is 3. The van der Waals surface area contributed by atoms with Crippen molar-refractivity contribution in [1.82, 2.24) is 10.3 Å². The molecule has 2 atom stereocenters. The summed E-state index contributed by atoms with van der Waals surface area (Å²) in [7, 11) is 0. The minimum absolute atomic E-state index is 0.213. The van der Waals surface area contributed by atoms with Crippen molar-refractivity contribution < 1.29 is 23.9 Å². The minimum atomic E-state index is -0.875. The third-order valence-electron chi connectivity index (χ3n) is 4.22. The zero-order valence-corrected chi connectivity index (χ0v) is 17.3. The summed E-state index contributed by atoms with van der Waals surface area (Å²) in [6, 6.07) is 1.90. The maximum Gasteiger partial charge on any atom is 0.408 e. The van der Waals surface area contributed by atoms with Gasteiger partial charge in [-0.05, 0) is 45.2 Å².